The molecule has 2 unspecified atom stereocenters. The van der Waals surface area contributed by atoms with Gasteiger partial charge in [0.1, 0.15) is 6.29 Å². The van der Waals surface area contributed by atoms with Crippen molar-refractivity contribution in [2.75, 3.05) is 19.0 Å². The number of hydrogen-bond acceptors (Lipinski definition) is 5. The summed E-state index contributed by atoms with van der Waals surface area (Å²) < 4.78 is 4.96. The number of nitrogens with two attached hydrogens (primary N) is 1. The van der Waals surface area contributed by atoms with Crippen molar-refractivity contribution in [1.82, 2.24) is 0 Å². The first kappa shape index (κ1) is 21.0. The largest absolute Gasteiger partial charge is 0.469 e. The minimum atomic E-state index is -0.0961. The average molecular weight is 373 g/mol. The molecule has 1 aromatic rings. The van der Waals surface area contributed by atoms with Crippen LogP contribution in [0.5, 0.6) is 0 Å². The summed E-state index contributed by atoms with van der Waals surface area (Å²) in [6, 6.07) is 7.80. The molecule has 0 radical (unpaired) electrons. The average Bonchev–Trinajstić information content (AvgIpc) is 2.72. The van der Waals surface area contributed by atoms with Crippen LogP contribution in [0.25, 0.3) is 5.70 Å². The molecule has 5 heteroatoms. The zero-order chi connectivity index (χ0) is 19.8. The van der Waals surface area contributed by atoms with Gasteiger partial charge in [0.2, 0.25) is 0 Å². The van der Waals surface area contributed by atoms with Crippen molar-refractivity contribution >= 4 is 23.6 Å². The Kier molecular flexibility index (Phi) is 7.89. The smallest absolute Gasteiger partial charge is 0.309 e. The second-order valence-corrected chi connectivity index (χ2v) is 7.43. The monoisotopic (exact) mass is 372 g/mol. The number of nitrogens with one attached hydrogen (secondary N) is 1. The maximum Gasteiger partial charge on any atom is 0.309 e. The highest BCUT2D eigenvalue weighted by Gasteiger charge is 2.31. The van der Waals surface area contributed by atoms with Gasteiger partial charge in [0.15, 0.2) is 0 Å². The zero-order valence-corrected chi connectivity index (χ0v) is 16.7. The van der Waals surface area contributed by atoms with Crippen LogP contribution in [0.15, 0.2) is 29.8 Å². The van der Waals surface area contributed by atoms with Gasteiger partial charge < -0.3 is 15.8 Å². The van der Waals surface area contributed by atoms with Gasteiger partial charge in [0.25, 0.3) is 0 Å². The molecule has 1 aliphatic carbocycles. The second-order valence-electron chi connectivity index (χ2n) is 7.43. The summed E-state index contributed by atoms with van der Waals surface area (Å²) >= 11 is 0. The number of benzene rings is 1. The van der Waals surface area contributed by atoms with Crippen molar-refractivity contribution in [3.8, 4) is 0 Å². The predicted molar refractivity (Wildman–Crippen MR) is 109 cm³/mol. The minimum absolute atomic E-state index is 0.0141. The topological polar surface area (TPSA) is 81.4 Å². The number of aldehydes is 1. The van der Waals surface area contributed by atoms with Gasteiger partial charge >= 0.3 is 5.97 Å². The maximum atomic E-state index is 12.0. The molecule has 1 aromatic carbocycles. The van der Waals surface area contributed by atoms with Gasteiger partial charge in [-0.25, -0.2) is 0 Å². The van der Waals surface area contributed by atoms with Crippen LogP contribution in [0.3, 0.4) is 0 Å². The maximum absolute atomic E-state index is 12.0. The molecule has 0 aromatic heterocycles. The van der Waals surface area contributed by atoms with Crippen molar-refractivity contribution in [2.24, 2.45) is 23.5 Å². The van der Waals surface area contributed by atoms with Gasteiger partial charge in [0.05, 0.1) is 13.0 Å². The number of carbonyl (C=O) groups excluding carboxylic acids is 2. The van der Waals surface area contributed by atoms with Crippen molar-refractivity contribution in [1.29, 1.82) is 0 Å². The number of rotatable bonds is 8. The molecule has 5 nitrogen and oxygen atoms in total. The molecule has 1 saturated carbocycles. The molecule has 0 aliphatic heterocycles. The fourth-order valence-electron chi connectivity index (χ4n) is 3.76. The van der Waals surface area contributed by atoms with Crippen molar-refractivity contribution < 1.29 is 14.3 Å². The number of ether oxygens (including phenoxy) is 1. The Morgan fingerprint density at radius 2 is 1.96 bits per heavy atom. The van der Waals surface area contributed by atoms with E-state index in [1.165, 1.54) is 7.11 Å². The Morgan fingerprint density at radius 3 is 2.56 bits per heavy atom. The fraction of sp³-hybridized carbons (Fsp3) is 0.545. The molecular weight excluding hydrogens is 340 g/mol. The highest BCUT2D eigenvalue weighted by molar-refractivity contribution is 5.87. The van der Waals surface area contributed by atoms with Crippen LogP contribution in [0.2, 0.25) is 0 Å². The Balaban J connectivity index is 2.04. The van der Waals surface area contributed by atoms with E-state index in [0.29, 0.717) is 17.2 Å². The molecule has 3 N–H and O–H groups in total. The Hall–Kier alpha value is -2.30. The van der Waals surface area contributed by atoms with Crippen molar-refractivity contribution in [3.63, 3.8) is 0 Å². The van der Waals surface area contributed by atoms with Crippen molar-refractivity contribution in [3.05, 3.63) is 35.4 Å². The Bertz CT molecular complexity index is 667. The molecule has 0 saturated heterocycles. The van der Waals surface area contributed by atoms with Crippen LogP contribution >= 0.6 is 0 Å². The van der Waals surface area contributed by atoms with E-state index < -0.39 is 0 Å². The Morgan fingerprint density at radius 1 is 1.30 bits per heavy atom. The van der Waals surface area contributed by atoms with E-state index in [2.05, 4.69) is 5.32 Å². The van der Waals surface area contributed by atoms with E-state index in [0.717, 1.165) is 56.2 Å². The van der Waals surface area contributed by atoms with Gasteiger partial charge in [-0.1, -0.05) is 38.8 Å². The van der Waals surface area contributed by atoms with Crippen LogP contribution in [0.1, 0.15) is 51.5 Å². The zero-order valence-electron chi connectivity index (χ0n) is 16.7. The van der Waals surface area contributed by atoms with Crippen LogP contribution in [0.4, 0.5) is 5.69 Å². The standard InChI is InChI=1S/C22H32N2O3/c1-4-15(2)20(14-25)21(23)16-9-11-18(12-10-16)24-13-17-7-5-6-8-19(17)22(26)27-3/h9-12,14-15,17,19,24H,4-8,13,23H2,1-3H3/b21-20-/t15?,17?,19-/m0/s1. The molecule has 0 spiro atoms. The minimum Gasteiger partial charge on any atom is -0.469 e. The molecule has 2 rings (SSSR count). The van der Waals surface area contributed by atoms with Crippen molar-refractivity contribution in [2.45, 2.75) is 46.0 Å². The molecule has 1 aliphatic rings. The third-order valence-electron chi connectivity index (χ3n) is 5.76. The summed E-state index contributed by atoms with van der Waals surface area (Å²) in [6.45, 7) is 4.80. The highest BCUT2D eigenvalue weighted by Crippen LogP contribution is 2.31. The predicted octanol–water partition coefficient (Wildman–Crippen LogP) is 3.99. The molecule has 0 amide bonds. The third kappa shape index (κ3) is 5.34. The molecular formula is C22H32N2O3. The summed E-state index contributed by atoms with van der Waals surface area (Å²) in [5.41, 5.74) is 9.25. The van der Waals surface area contributed by atoms with Crippen LogP contribution in [-0.2, 0) is 14.3 Å². The van der Waals surface area contributed by atoms with Gasteiger partial charge in [0, 0.05) is 23.5 Å². The van der Waals surface area contributed by atoms with Crippen LogP contribution in [0, 0.1) is 17.8 Å². The van der Waals surface area contributed by atoms with E-state index in [4.69, 9.17) is 10.5 Å². The highest BCUT2D eigenvalue weighted by atomic mass is 16.5. The SMILES string of the molecule is CCC(C)/C(C=O)=C(\N)c1ccc(NCC2CCCC[C@@H]2C(=O)OC)cc1. The fourth-order valence-corrected chi connectivity index (χ4v) is 3.76. The quantitative estimate of drug-likeness (QED) is 0.410. The number of methoxy groups -OCH3 is 1. The summed E-state index contributed by atoms with van der Waals surface area (Å²) in [5, 5.41) is 3.43. The van der Waals surface area contributed by atoms with Gasteiger partial charge in [-0.3, -0.25) is 9.59 Å². The molecule has 27 heavy (non-hydrogen) atoms. The van der Waals surface area contributed by atoms with Crippen LogP contribution < -0.4 is 11.1 Å². The summed E-state index contributed by atoms with van der Waals surface area (Å²) in [5.74, 6) is 0.325. The van der Waals surface area contributed by atoms with Gasteiger partial charge in [-0.15, -0.1) is 0 Å². The van der Waals surface area contributed by atoms with E-state index in [1.807, 2.05) is 38.1 Å². The lowest BCUT2D eigenvalue weighted by Crippen LogP contribution is -2.32. The van der Waals surface area contributed by atoms with E-state index in [-0.39, 0.29) is 17.8 Å². The third-order valence-corrected chi connectivity index (χ3v) is 5.76. The Labute approximate surface area is 162 Å². The number of carbonyl (C=O) groups is 2. The van der Waals surface area contributed by atoms with E-state index in [1.54, 1.807) is 0 Å². The van der Waals surface area contributed by atoms with Gasteiger partial charge in [-0.2, -0.15) is 0 Å². The normalized spacial score (nSPS) is 21.7. The number of hydrogen-bond donors (Lipinski definition) is 2. The molecule has 3 atom stereocenters. The number of anilines is 1. The first-order chi connectivity index (χ1) is 13.0. The summed E-state index contributed by atoms with van der Waals surface area (Å²) in [7, 11) is 1.46. The lowest BCUT2D eigenvalue weighted by atomic mass is 9.79. The second kappa shape index (κ2) is 10.1. The number of esters is 1. The molecule has 0 bridgehead atoms. The lowest BCUT2D eigenvalue weighted by molar-refractivity contribution is -0.148. The van der Waals surface area contributed by atoms with E-state index >= 15 is 0 Å². The van der Waals surface area contributed by atoms with Gasteiger partial charge in [-0.05, 0) is 48.8 Å². The lowest BCUT2D eigenvalue weighted by Gasteiger charge is -2.29. The summed E-state index contributed by atoms with van der Waals surface area (Å²) in [4.78, 5) is 23.4. The van der Waals surface area contributed by atoms with Crippen LogP contribution in [-0.4, -0.2) is 25.9 Å². The molecule has 1 fully saturated rings. The summed E-state index contributed by atoms with van der Waals surface area (Å²) in [6.07, 6.45) is 5.93. The first-order valence-corrected chi connectivity index (χ1v) is 9.88. The van der Waals surface area contributed by atoms with E-state index in [9.17, 15) is 9.59 Å². The molecule has 0 heterocycles. The molecule has 148 valence electrons. The first-order valence-electron chi connectivity index (χ1n) is 9.88. The number of allylic oxidation sites excluding steroid dienone is 1.